The maximum atomic E-state index is 11.9. The largest absolute Gasteiger partial charge is 0.343 e. The van der Waals surface area contributed by atoms with Crippen molar-refractivity contribution in [2.24, 2.45) is 0 Å². The van der Waals surface area contributed by atoms with Gasteiger partial charge in [-0.2, -0.15) is 5.10 Å². The van der Waals surface area contributed by atoms with E-state index in [1.54, 1.807) is 31.3 Å². The maximum Gasteiger partial charge on any atom is 0.266 e. The molecular weight excluding hydrogens is 244 g/mol. The summed E-state index contributed by atoms with van der Waals surface area (Å²) in [4.78, 5) is 27.5. The molecule has 0 spiro atoms. The van der Waals surface area contributed by atoms with Gasteiger partial charge in [0.15, 0.2) is 0 Å². The van der Waals surface area contributed by atoms with Crippen LogP contribution >= 0.6 is 0 Å². The number of hydrogen-bond acceptors (Lipinski definition) is 4. The first kappa shape index (κ1) is 12.9. The smallest absolute Gasteiger partial charge is 0.266 e. The highest BCUT2D eigenvalue weighted by molar-refractivity contribution is 5.96. The summed E-state index contributed by atoms with van der Waals surface area (Å²) in [5, 5.41) is 6.61. The lowest BCUT2D eigenvalue weighted by atomic mass is 10.3. The van der Waals surface area contributed by atoms with Gasteiger partial charge in [0, 0.05) is 18.1 Å². The third-order valence-electron chi connectivity index (χ3n) is 2.57. The molecular formula is C13H14N4O2. The monoisotopic (exact) mass is 258 g/mol. The molecule has 0 aliphatic heterocycles. The Kier molecular flexibility index (Phi) is 3.70. The van der Waals surface area contributed by atoms with Crippen LogP contribution in [0.1, 0.15) is 26.5 Å². The van der Waals surface area contributed by atoms with Crippen molar-refractivity contribution in [1.29, 1.82) is 0 Å². The fraction of sp³-hybridized carbons (Fsp3) is 0.231. The number of amides is 1. The van der Waals surface area contributed by atoms with Crippen LogP contribution < -0.4 is 5.32 Å². The Morgan fingerprint density at radius 2 is 2.16 bits per heavy atom. The SMILES string of the molecule is Cc1cc(C)n(C(=O)CNC(=O)c2cccnc2)n1. The molecule has 1 amide bonds. The van der Waals surface area contributed by atoms with E-state index >= 15 is 0 Å². The van der Waals surface area contributed by atoms with Crippen LogP contribution in [0.25, 0.3) is 0 Å². The summed E-state index contributed by atoms with van der Waals surface area (Å²) >= 11 is 0. The summed E-state index contributed by atoms with van der Waals surface area (Å²) in [6.45, 7) is 3.50. The number of aromatic nitrogens is 3. The zero-order valence-electron chi connectivity index (χ0n) is 10.8. The van der Waals surface area contributed by atoms with Gasteiger partial charge in [-0.25, -0.2) is 4.68 Å². The van der Waals surface area contributed by atoms with Crippen molar-refractivity contribution in [3.8, 4) is 0 Å². The Morgan fingerprint density at radius 1 is 1.37 bits per heavy atom. The predicted octanol–water partition coefficient (Wildman–Crippen LogP) is 0.965. The van der Waals surface area contributed by atoms with E-state index < -0.39 is 0 Å². The minimum absolute atomic E-state index is 0.102. The van der Waals surface area contributed by atoms with Crippen LogP contribution in [-0.4, -0.2) is 33.1 Å². The normalized spacial score (nSPS) is 10.2. The summed E-state index contributed by atoms with van der Waals surface area (Å²) in [6, 6.07) is 5.11. The molecule has 0 saturated heterocycles. The predicted molar refractivity (Wildman–Crippen MR) is 68.9 cm³/mol. The molecule has 0 unspecified atom stereocenters. The molecule has 0 aliphatic carbocycles. The molecule has 2 rings (SSSR count). The number of hydrogen-bond donors (Lipinski definition) is 1. The van der Waals surface area contributed by atoms with E-state index in [9.17, 15) is 9.59 Å². The van der Waals surface area contributed by atoms with Gasteiger partial charge >= 0.3 is 0 Å². The Hall–Kier alpha value is -2.50. The maximum absolute atomic E-state index is 11.9. The zero-order valence-corrected chi connectivity index (χ0v) is 10.8. The topological polar surface area (TPSA) is 76.9 Å². The zero-order chi connectivity index (χ0) is 13.8. The Bertz CT molecular complexity index is 604. The van der Waals surface area contributed by atoms with Crippen molar-refractivity contribution in [2.75, 3.05) is 6.54 Å². The minimum Gasteiger partial charge on any atom is -0.343 e. The van der Waals surface area contributed by atoms with Gasteiger partial charge in [-0.1, -0.05) is 0 Å². The van der Waals surface area contributed by atoms with Crippen molar-refractivity contribution < 1.29 is 9.59 Å². The van der Waals surface area contributed by atoms with E-state index in [0.717, 1.165) is 11.4 Å². The highest BCUT2D eigenvalue weighted by Gasteiger charge is 2.12. The highest BCUT2D eigenvalue weighted by atomic mass is 16.2. The van der Waals surface area contributed by atoms with Gasteiger partial charge in [-0.05, 0) is 32.0 Å². The lowest BCUT2D eigenvalue weighted by Crippen LogP contribution is -2.33. The van der Waals surface area contributed by atoms with Gasteiger partial charge in [-0.3, -0.25) is 14.6 Å². The van der Waals surface area contributed by atoms with Gasteiger partial charge in [0.1, 0.15) is 0 Å². The van der Waals surface area contributed by atoms with Crippen molar-refractivity contribution in [2.45, 2.75) is 13.8 Å². The van der Waals surface area contributed by atoms with E-state index in [-0.39, 0.29) is 18.4 Å². The van der Waals surface area contributed by atoms with Crippen LogP contribution in [0.5, 0.6) is 0 Å². The van der Waals surface area contributed by atoms with E-state index in [1.165, 1.54) is 10.9 Å². The van der Waals surface area contributed by atoms with E-state index in [1.807, 2.05) is 6.92 Å². The molecule has 1 N–H and O–H groups in total. The molecule has 2 aromatic heterocycles. The van der Waals surface area contributed by atoms with Gasteiger partial charge in [0.05, 0.1) is 17.8 Å². The van der Waals surface area contributed by atoms with Gasteiger partial charge in [0.25, 0.3) is 11.8 Å². The molecule has 0 saturated carbocycles. The number of aryl methyl sites for hydroxylation is 2. The third kappa shape index (κ3) is 3.04. The first-order chi connectivity index (χ1) is 9.08. The molecule has 0 fully saturated rings. The van der Waals surface area contributed by atoms with Crippen LogP contribution in [0.2, 0.25) is 0 Å². The van der Waals surface area contributed by atoms with Gasteiger partial charge in [-0.15, -0.1) is 0 Å². The quantitative estimate of drug-likeness (QED) is 0.889. The summed E-state index contributed by atoms with van der Waals surface area (Å²) in [6.07, 6.45) is 3.03. The van der Waals surface area contributed by atoms with Crippen molar-refractivity contribution in [3.63, 3.8) is 0 Å². The third-order valence-corrected chi connectivity index (χ3v) is 2.57. The van der Waals surface area contributed by atoms with E-state index in [2.05, 4.69) is 15.4 Å². The number of rotatable bonds is 3. The summed E-state index contributed by atoms with van der Waals surface area (Å²) < 4.78 is 1.29. The number of carbonyl (C=O) groups excluding carboxylic acids is 2. The van der Waals surface area contributed by atoms with E-state index in [0.29, 0.717) is 5.56 Å². The molecule has 98 valence electrons. The Balaban J connectivity index is 1.98. The van der Waals surface area contributed by atoms with Crippen molar-refractivity contribution in [1.82, 2.24) is 20.1 Å². The number of pyridine rings is 1. The van der Waals surface area contributed by atoms with E-state index in [4.69, 9.17) is 0 Å². The second-order valence-electron chi connectivity index (χ2n) is 4.16. The van der Waals surface area contributed by atoms with Crippen LogP contribution in [0.4, 0.5) is 0 Å². The van der Waals surface area contributed by atoms with Crippen LogP contribution in [0.15, 0.2) is 30.6 Å². The Labute approximate surface area is 110 Å². The van der Waals surface area contributed by atoms with Gasteiger partial charge < -0.3 is 5.32 Å². The van der Waals surface area contributed by atoms with Crippen LogP contribution in [0.3, 0.4) is 0 Å². The summed E-state index contributed by atoms with van der Waals surface area (Å²) in [7, 11) is 0. The fourth-order valence-corrected chi connectivity index (χ4v) is 1.71. The number of nitrogens with one attached hydrogen (secondary N) is 1. The Morgan fingerprint density at radius 3 is 2.74 bits per heavy atom. The summed E-state index contributed by atoms with van der Waals surface area (Å²) in [5.74, 6) is -0.606. The molecule has 0 aliphatic rings. The number of carbonyl (C=O) groups is 2. The fourth-order valence-electron chi connectivity index (χ4n) is 1.71. The summed E-state index contributed by atoms with van der Waals surface area (Å²) in [5.41, 5.74) is 1.94. The minimum atomic E-state index is -0.331. The lowest BCUT2D eigenvalue weighted by Gasteiger charge is -2.05. The molecule has 0 bridgehead atoms. The van der Waals surface area contributed by atoms with Crippen LogP contribution in [0, 0.1) is 13.8 Å². The molecule has 0 radical (unpaired) electrons. The second-order valence-corrected chi connectivity index (χ2v) is 4.16. The molecule has 0 aromatic carbocycles. The molecule has 0 atom stereocenters. The number of nitrogens with zero attached hydrogens (tertiary/aromatic N) is 3. The van der Waals surface area contributed by atoms with Gasteiger partial charge in [0.2, 0.25) is 0 Å². The average Bonchev–Trinajstić information content (AvgIpc) is 2.75. The first-order valence-corrected chi connectivity index (χ1v) is 5.82. The molecule has 2 aromatic rings. The second kappa shape index (κ2) is 5.43. The highest BCUT2D eigenvalue weighted by Crippen LogP contribution is 2.01. The molecule has 6 heteroatoms. The molecule has 6 nitrogen and oxygen atoms in total. The van der Waals surface area contributed by atoms with Crippen molar-refractivity contribution >= 4 is 11.8 Å². The van der Waals surface area contributed by atoms with Crippen molar-refractivity contribution in [3.05, 3.63) is 47.5 Å². The lowest BCUT2D eigenvalue weighted by molar-refractivity contribution is 0.0848. The van der Waals surface area contributed by atoms with Crippen LogP contribution in [-0.2, 0) is 0 Å². The first-order valence-electron chi connectivity index (χ1n) is 5.82. The molecule has 19 heavy (non-hydrogen) atoms. The standard InChI is InChI=1S/C13H14N4O2/c1-9-6-10(2)17(16-9)12(18)8-15-13(19)11-4-3-5-14-7-11/h3-7H,8H2,1-2H3,(H,15,19). The molecule has 2 heterocycles. The average molecular weight is 258 g/mol.